The molecule has 0 aliphatic heterocycles. The Kier molecular flexibility index (Phi) is 3.63. The molecule has 0 aliphatic carbocycles. The Morgan fingerprint density at radius 2 is 2.21 bits per heavy atom. The van der Waals surface area contributed by atoms with Crippen molar-refractivity contribution >= 4 is 22.4 Å². The summed E-state index contributed by atoms with van der Waals surface area (Å²) in [6.45, 7) is 3.54. The number of hydrogen-bond acceptors (Lipinski definition) is 7. The van der Waals surface area contributed by atoms with Gasteiger partial charge in [0.2, 0.25) is 5.01 Å². The number of carbonyl (C=O) groups is 1. The first-order chi connectivity index (χ1) is 6.63. The zero-order chi connectivity index (χ0) is 10.6. The standard InChI is InChI=1S/C7H10N4O2S/c1-4(2)13-6(12)5-9-11-7(14-5)10-8-3/h4H,1-3H3. The molecule has 1 aromatic rings. The topological polar surface area (TPSA) is 76.8 Å². The van der Waals surface area contributed by atoms with Gasteiger partial charge in [-0.2, -0.15) is 5.11 Å². The third-order valence-electron chi connectivity index (χ3n) is 1.12. The number of rotatable bonds is 3. The number of nitrogens with zero attached hydrogens (tertiary/aromatic N) is 4. The average Bonchev–Trinajstić information content (AvgIpc) is 2.52. The predicted octanol–water partition coefficient (Wildman–Crippen LogP) is 1.82. The van der Waals surface area contributed by atoms with Gasteiger partial charge in [0, 0.05) is 7.05 Å². The van der Waals surface area contributed by atoms with Crippen LogP contribution in [0.4, 0.5) is 5.13 Å². The van der Waals surface area contributed by atoms with Crippen LogP contribution in [0.3, 0.4) is 0 Å². The van der Waals surface area contributed by atoms with E-state index in [4.69, 9.17) is 4.74 Å². The Bertz CT molecular complexity index is 347. The first-order valence-corrected chi connectivity index (χ1v) is 4.79. The Hall–Kier alpha value is -1.37. The van der Waals surface area contributed by atoms with E-state index >= 15 is 0 Å². The van der Waals surface area contributed by atoms with Crippen LogP contribution in [0.15, 0.2) is 10.2 Å². The van der Waals surface area contributed by atoms with Crippen molar-refractivity contribution in [1.29, 1.82) is 0 Å². The van der Waals surface area contributed by atoms with Gasteiger partial charge < -0.3 is 4.74 Å². The molecule has 1 rings (SSSR count). The number of ether oxygens (including phenoxy) is 1. The lowest BCUT2D eigenvalue weighted by atomic mass is 10.5. The molecule has 0 radical (unpaired) electrons. The van der Waals surface area contributed by atoms with E-state index in [0.29, 0.717) is 5.13 Å². The zero-order valence-corrected chi connectivity index (χ0v) is 8.91. The lowest BCUT2D eigenvalue weighted by Gasteiger charge is -2.03. The monoisotopic (exact) mass is 214 g/mol. The molecule has 0 saturated heterocycles. The Balaban J connectivity index is 2.71. The van der Waals surface area contributed by atoms with Crippen LogP contribution >= 0.6 is 11.3 Å². The minimum absolute atomic E-state index is 0.164. The van der Waals surface area contributed by atoms with Crippen LogP contribution in [0, 0.1) is 0 Å². The normalized spacial score (nSPS) is 11.1. The minimum atomic E-state index is -0.477. The van der Waals surface area contributed by atoms with Gasteiger partial charge in [0.15, 0.2) is 0 Å². The van der Waals surface area contributed by atoms with Crippen molar-refractivity contribution in [2.24, 2.45) is 10.2 Å². The first kappa shape index (κ1) is 10.7. The molecule has 0 aliphatic rings. The SMILES string of the molecule is CN=Nc1nnc(C(=O)OC(C)C)s1. The fourth-order valence-corrected chi connectivity index (χ4v) is 1.28. The number of carbonyl (C=O) groups excluding carboxylic acids is 1. The number of aromatic nitrogens is 2. The molecule has 0 N–H and O–H groups in total. The first-order valence-electron chi connectivity index (χ1n) is 3.97. The highest BCUT2D eigenvalue weighted by molar-refractivity contribution is 7.16. The van der Waals surface area contributed by atoms with E-state index in [1.54, 1.807) is 13.8 Å². The predicted molar refractivity (Wildman–Crippen MR) is 50.9 cm³/mol. The summed E-state index contributed by atoms with van der Waals surface area (Å²) in [5.41, 5.74) is 0. The van der Waals surface area contributed by atoms with E-state index in [0.717, 1.165) is 11.3 Å². The molecule has 1 aromatic heterocycles. The third-order valence-corrected chi connectivity index (χ3v) is 1.90. The summed E-state index contributed by atoms with van der Waals surface area (Å²) in [6.07, 6.45) is -0.164. The van der Waals surface area contributed by atoms with Gasteiger partial charge in [0.05, 0.1) is 6.10 Å². The van der Waals surface area contributed by atoms with Crippen molar-refractivity contribution in [3.05, 3.63) is 5.01 Å². The molecule has 0 fully saturated rings. The molecular formula is C7H10N4O2S. The van der Waals surface area contributed by atoms with Gasteiger partial charge in [-0.3, -0.25) is 0 Å². The molecule has 0 atom stereocenters. The van der Waals surface area contributed by atoms with E-state index in [9.17, 15) is 4.79 Å². The highest BCUT2D eigenvalue weighted by Gasteiger charge is 2.15. The Labute approximate surface area is 85.0 Å². The molecule has 1 heterocycles. The molecule has 0 bridgehead atoms. The zero-order valence-electron chi connectivity index (χ0n) is 8.09. The highest BCUT2D eigenvalue weighted by atomic mass is 32.1. The van der Waals surface area contributed by atoms with E-state index in [-0.39, 0.29) is 11.1 Å². The summed E-state index contributed by atoms with van der Waals surface area (Å²) < 4.78 is 4.92. The maximum absolute atomic E-state index is 11.3. The molecule has 14 heavy (non-hydrogen) atoms. The summed E-state index contributed by atoms with van der Waals surface area (Å²) in [5, 5.41) is 15.0. The maximum Gasteiger partial charge on any atom is 0.369 e. The van der Waals surface area contributed by atoms with Gasteiger partial charge in [-0.1, -0.05) is 11.3 Å². The van der Waals surface area contributed by atoms with Gasteiger partial charge in [-0.15, -0.1) is 15.3 Å². The van der Waals surface area contributed by atoms with Crippen LogP contribution in [0.2, 0.25) is 0 Å². The summed E-state index contributed by atoms with van der Waals surface area (Å²) >= 11 is 1.05. The van der Waals surface area contributed by atoms with Gasteiger partial charge in [0.1, 0.15) is 0 Å². The summed E-state index contributed by atoms with van der Waals surface area (Å²) in [4.78, 5) is 11.3. The fraction of sp³-hybridized carbons (Fsp3) is 0.571. The van der Waals surface area contributed by atoms with E-state index in [1.807, 2.05) is 0 Å². The van der Waals surface area contributed by atoms with Crippen LogP contribution in [0.1, 0.15) is 23.6 Å². The van der Waals surface area contributed by atoms with Crippen molar-refractivity contribution in [2.45, 2.75) is 20.0 Å². The van der Waals surface area contributed by atoms with Gasteiger partial charge >= 0.3 is 5.97 Å². The second kappa shape index (κ2) is 4.75. The highest BCUT2D eigenvalue weighted by Crippen LogP contribution is 2.19. The maximum atomic E-state index is 11.3. The minimum Gasteiger partial charge on any atom is -0.458 e. The van der Waals surface area contributed by atoms with Crippen LogP contribution in [0.25, 0.3) is 0 Å². The smallest absolute Gasteiger partial charge is 0.369 e. The lowest BCUT2D eigenvalue weighted by Crippen LogP contribution is -2.11. The van der Waals surface area contributed by atoms with Gasteiger partial charge in [0.25, 0.3) is 5.13 Å². The summed E-state index contributed by atoms with van der Waals surface area (Å²) in [7, 11) is 1.52. The average molecular weight is 214 g/mol. The second-order valence-corrected chi connectivity index (χ2v) is 3.60. The molecular weight excluding hydrogens is 204 g/mol. The largest absolute Gasteiger partial charge is 0.458 e. The lowest BCUT2D eigenvalue weighted by molar-refractivity contribution is 0.0376. The quantitative estimate of drug-likeness (QED) is 0.568. The van der Waals surface area contributed by atoms with Crippen LogP contribution in [-0.2, 0) is 4.74 Å². The van der Waals surface area contributed by atoms with E-state index in [1.165, 1.54) is 7.05 Å². The molecule has 6 nitrogen and oxygen atoms in total. The molecule has 0 aromatic carbocycles. The molecule has 0 amide bonds. The van der Waals surface area contributed by atoms with Gasteiger partial charge in [-0.25, -0.2) is 4.79 Å². The van der Waals surface area contributed by atoms with Gasteiger partial charge in [-0.05, 0) is 13.8 Å². The summed E-state index contributed by atoms with van der Waals surface area (Å²) in [6, 6.07) is 0. The van der Waals surface area contributed by atoms with Crippen molar-refractivity contribution < 1.29 is 9.53 Å². The summed E-state index contributed by atoms with van der Waals surface area (Å²) in [5.74, 6) is -0.477. The Morgan fingerprint density at radius 3 is 2.79 bits per heavy atom. The van der Waals surface area contributed by atoms with E-state index < -0.39 is 5.97 Å². The molecule has 0 saturated carbocycles. The third kappa shape index (κ3) is 2.84. The van der Waals surface area contributed by atoms with Crippen LogP contribution in [-0.4, -0.2) is 29.3 Å². The number of azo groups is 1. The molecule has 0 spiro atoms. The van der Waals surface area contributed by atoms with Crippen molar-refractivity contribution in [2.75, 3.05) is 7.05 Å². The van der Waals surface area contributed by atoms with Crippen molar-refractivity contribution in [3.63, 3.8) is 0 Å². The number of esters is 1. The Morgan fingerprint density at radius 1 is 1.50 bits per heavy atom. The molecule has 76 valence electrons. The molecule has 7 heteroatoms. The molecule has 0 unspecified atom stereocenters. The van der Waals surface area contributed by atoms with Crippen LogP contribution < -0.4 is 0 Å². The number of hydrogen-bond donors (Lipinski definition) is 0. The van der Waals surface area contributed by atoms with Crippen LogP contribution in [0.5, 0.6) is 0 Å². The van der Waals surface area contributed by atoms with Crippen molar-refractivity contribution in [3.8, 4) is 0 Å². The second-order valence-electron chi connectivity index (χ2n) is 2.64. The van der Waals surface area contributed by atoms with Crippen molar-refractivity contribution in [1.82, 2.24) is 10.2 Å². The fourth-order valence-electron chi connectivity index (χ4n) is 0.688. The van der Waals surface area contributed by atoms with E-state index in [2.05, 4.69) is 20.4 Å².